The first kappa shape index (κ1) is 14.2. The van der Waals surface area contributed by atoms with Crippen molar-refractivity contribution >= 4 is 10.0 Å². The standard InChI is InChI=1S/C12H24N2O3S/c1-10(11-4-2-6-13-8-11)14-18(15,16)12-5-3-7-17-9-12/h10-14H,2-9H2,1H3. The first-order chi connectivity index (χ1) is 8.59. The van der Waals surface area contributed by atoms with E-state index in [2.05, 4.69) is 10.0 Å². The maximum absolute atomic E-state index is 12.2. The molecule has 0 amide bonds. The highest BCUT2D eigenvalue weighted by molar-refractivity contribution is 7.90. The van der Waals surface area contributed by atoms with Gasteiger partial charge in [0.25, 0.3) is 0 Å². The number of hydrogen-bond donors (Lipinski definition) is 2. The summed E-state index contributed by atoms with van der Waals surface area (Å²) in [5.74, 6) is 0.401. The van der Waals surface area contributed by atoms with Gasteiger partial charge in [-0.2, -0.15) is 0 Å². The summed E-state index contributed by atoms with van der Waals surface area (Å²) < 4.78 is 32.6. The largest absolute Gasteiger partial charge is 0.380 e. The number of ether oxygens (including phenoxy) is 1. The van der Waals surface area contributed by atoms with E-state index in [1.165, 1.54) is 0 Å². The van der Waals surface area contributed by atoms with Crippen LogP contribution in [-0.4, -0.2) is 46.0 Å². The number of piperidine rings is 1. The molecule has 6 heteroatoms. The van der Waals surface area contributed by atoms with Gasteiger partial charge >= 0.3 is 0 Å². The Labute approximate surface area is 110 Å². The van der Waals surface area contributed by atoms with E-state index >= 15 is 0 Å². The van der Waals surface area contributed by atoms with Crippen LogP contribution in [0.5, 0.6) is 0 Å². The van der Waals surface area contributed by atoms with E-state index in [0.717, 1.165) is 32.4 Å². The Balaban J connectivity index is 1.89. The van der Waals surface area contributed by atoms with Crippen LogP contribution < -0.4 is 10.0 Å². The van der Waals surface area contributed by atoms with Gasteiger partial charge in [-0.3, -0.25) is 0 Å². The highest BCUT2D eigenvalue weighted by Gasteiger charge is 2.31. The molecule has 3 atom stereocenters. The number of rotatable bonds is 4. The zero-order valence-electron chi connectivity index (χ0n) is 11.0. The van der Waals surface area contributed by atoms with Crippen LogP contribution in [0.15, 0.2) is 0 Å². The second kappa shape index (κ2) is 6.32. The summed E-state index contributed by atoms with van der Waals surface area (Å²) in [6.45, 7) is 4.95. The first-order valence-corrected chi connectivity index (χ1v) is 8.44. The minimum absolute atomic E-state index is 0.00438. The molecule has 0 aromatic heterocycles. The predicted molar refractivity (Wildman–Crippen MR) is 71.0 cm³/mol. The van der Waals surface area contributed by atoms with Crippen molar-refractivity contribution in [1.82, 2.24) is 10.0 Å². The molecule has 2 heterocycles. The van der Waals surface area contributed by atoms with Crippen LogP contribution >= 0.6 is 0 Å². The molecule has 0 bridgehead atoms. The molecule has 0 aromatic rings. The fourth-order valence-electron chi connectivity index (χ4n) is 2.71. The monoisotopic (exact) mass is 276 g/mol. The molecule has 0 radical (unpaired) electrons. The molecule has 2 N–H and O–H groups in total. The zero-order valence-corrected chi connectivity index (χ0v) is 11.8. The Morgan fingerprint density at radius 3 is 2.78 bits per heavy atom. The Bertz CT molecular complexity index is 346. The molecule has 0 spiro atoms. The van der Waals surface area contributed by atoms with E-state index in [-0.39, 0.29) is 11.3 Å². The van der Waals surface area contributed by atoms with E-state index in [4.69, 9.17) is 4.74 Å². The van der Waals surface area contributed by atoms with E-state index in [0.29, 0.717) is 25.6 Å². The zero-order chi connectivity index (χ0) is 13.0. The Morgan fingerprint density at radius 2 is 2.17 bits per heavy atom. The van der Waals surface area contributed by atoms with E-state index in [1.807, 2.05) is 6.92 Å². The number of hydrogen-bond acceptors (Lipinski definition) is 4. The molecule has 18 heavy (non-hydrogen) atoms. The van der Waals surface area contributed by atoms with Crippen molar-refractivity contribution in [3.05, 3.63) is 0 Å². The van der Waals surface area contributed by atoms with E-state index in [1.54, 1.807) is 0 Å². The van der Waals surface area contributed by atoms with Gasteiger partial charge in [0.2, 0.25) is 10.0 Å². The van der Waals surface area contributed by atoms with Crippen molar-refractivity contribution in [2.45, 2.75) is 43.9 Å². The van der Waals surface area contributed by atoms with Gasteiger partial charge in [-0.15, -0.1) is 0 Å². The van der Waals surface area contributed by atoms with Gasteiger partial charge in [0.15, 0.2) is 0 Å². The molecular formula is C12H24N2O3S. The topological polar surface area (TPSA) is 67.4 Å². The summed E-state index contributed by atoms with van der Waals surface area (Å²) >= 11 is 0. The van der Waals surface area contributed by atoms with Gasteiger partial charge in [0.05, 0.1) is 11.9 Å². The molecule has 2 rings (SSSR count). The van der Waals surface area contributed by atoms with Crippen LogP contribution in [0, 0.1) is 5.92 Å². The third-order valence-electron chi connectivity index (χ3n) is 3.95. The molecule has 5 nitrogen and oxygen atoms in total. The van der Waals surface area contributed by atoms with Gasteiger partial charge in [0, 0.05) is 12.6 Å². The second-order valence-electron chi connectivity index (χ2n) is 5.40. The highest BCUT2D eigenvalue weighted by atomic mass is 32.2. The molecule has 106 valence electrons. The highest BCUT2D eigenvalue weighted by Crippen LogP contribution is 2.18. The van der Waals surface area contributed by atoms with Crippen LogP contribution in [0.25, 0.3) is 0 Å². The second-order valence-corrected chi connectivity index (χ2v) is 7.39. The quantitative estimate of drug-likeness (QED) is 0.783. The van der Waals surface area contributed by atoms with Crippen molar-refractivity contribution in [3.8, 4) is 0 Å². The van der Waals surface area contributed by atoms with Gasteiger partial charge in [-0.1, -0.05) is 0 Å². The lowest BCUT2D eigenvalue weighted by Gasteiger charge is -2.31. The summed E-state index contributed by atoms with van der Waals surface area (Å²) in [5, 5.41) is 2.95. The van der Waals surface area contributed by atoms with Gasteiger partial charge in [-0.25, -0.2) is 13.1 Å². The third-order valence-corrected chi connectivity index (χ3v) is 5.90. The lowest BCUT2D eigenvalue weighted by Crippen LogP contribution is -2.48. The summed E-state index contributed by atoms with van der Waals surface area (Å²) in [6, 6.07) is 0.00438. The van der Waals surface area contributed by atoms with Crippen molar-refractivity contribution in [2.24, 2.45) is 5.92 Å². The Hall–Kier alpha value is -0.170. The molecule has 2 aliphatic heterocycles. The smallest absolute Gasteiger partial charge is 0.217 e. The number of sulfonamides is 1. The third kappa shape index (κ3) is 3.66. The maximum atomic E-state index is 12.2. The summed E-state index contributed by atoms with van der Waals surface area (Å²) in [4.78, 5) is 0. The van der Waals surface area contributed by atoms with Crippen molar-refractivity contribution in [3.63, 3.8) is 0 Å². The normalized spacial score (nSPS) is 32.1. The minimum atomic E-state index is -3.23. The summed E-state index contributed by atoms with van der Waals surface area (Å²) in [5.41, 5.74) is 0. The first-order valence-electron chi connectivity index (χ1n) is 6.89. The predicted octanol–water partition coefficient (Wildman–Crippen LogP) is 0.473. The van der Waals surface area contributed by atoms with E-state index in [9.17, 15) is 8.42 Å². The SMILES string of the molecule is CC(NS(=O)(=O)C1CCCOC1)C1CCCNC1. The molecule has 0 saturated carbocycles. The average molecular weight is 276 g/mol. The molecule has 0 aliphatic carbocycles. The van der Waals surface area contributed by atoms with Crippen LogP contribution in [0.2, 0.25) is 0 Å². The fourth-order valence-corrected chi connectivity index (χ4v) is 4.37. The maximum Gasteiger partial charge on any atom is 0.217 e. The molecular weight excluding hydrogens is 252 g/mol. The van der Waals surface area contributed by atoms with Crippen LogP contribution in [0.4, 0.5) is 0 Å². The van der Waals surface area contributed by atoms with Gasteiger partial charge in [-0.05, 0) is 51.6 Å². The lowest BCUT2D eigenvalue weighted by atomic mass is 9.94. The lowest BCUT2D eigenvalue weighted by molar-refractivity contribution is 0.0986. The average Bonchev–Trinajstić information content (AvgIpc) is 2.40. The molecule has 2 saturated heterocycles. The van der Waals surface area contributed by atoms with Gasteiger partial charge in [0.1, 0.15) is 0 Å². The summed E-state index contributed by atoms with van der Waals surface area (Å²) in [7, 11) is -3.23. The number of nitrogens with one attached hydrogen (secondary N) is 2. The minimum Gasteiger partial charge on any atom is -0.380 e. The molecule has 3 unspecified atom stereocenters. The molecule has 2 aliphatic rings. The summed E-state index contributed by atoms with van der Waals surface area (Å²) in [6.07, 6.45) is 3.77. The Morgan fingerprint density at radius 1 is 1.33 bits per heavy atom. The van der Waals surface area contributed by atoms with Crippen LogP contribution in [0.3, 0.4) is 0 Å². The molecule has 2 fully saturated rings. The van der Waals surface area contributed by atoms with Crippen LogP contribution in [-0.2, 0) is 14.8 Å². The van der Waals surface area contributed by atoms with Crippen molar-refractivity contribution < 1.29 is 13.2 Å². The van der Waals surface area contributed by atoms with Crippen molar-refractivity contribution in [2.75, 3.05) is 26.3 Å². The van der Waals surface area contributed by atoms with Gasteiger partial charge < -0.3 is 10.1 Å². The van der Waals surface area contributed by atoms with Crippen LogP contribution in [0.1, 0.15) is 32.6 Å². The molecule has 0 aromatic carbocycles. The van der Waals surface area contributed by atoms with Crippen molar-refractivity contribution in [1.29, 1.82) is 0 Å². The van der Waals surface area contributed by atoms with E-state index < -0.39 is 10.0 Å². The fraction of sp³-hybridized carbons (Fsp3) is 1.00. The Kier molecular flexibility index (Phi) is 5.00.